The Morgan fingerprint density at radius 2 is 1.45 bits per heavy atom. The Balaban J connectivity index is 1.63. The zero-order valence-electron chi connectivity index (χ0n) is 20.4. The molecule has 0 N–H and O–H groups in total. The van der Waals surface area contributed by atoms with Gasteiger partial charge in [0.05, 0.1) is 19.1 Å². The number of hydrogen-bond acceptors (Lipinski definition) is 5. The highest BCUT2D eigenvalue weighted by Crippen LogP contribution is 2.30. The van der Waals surface area contributed by atoms with Crippen LogP contribution < -0.4 is 9.47 Å². The van der Waals surface area contributed by atoms with Crippen molar-refractivity contribution in [2.45, 2.75) is 45.4 Å². The number of amides is 1. The molecule has 0 atom stereocenters. The van der Waals surface area contributed by atoms with E-state index in [2.05, 4.69) is 0 Å². The van der Waals surface area contributed by atoms with E-state index in [1.807, 2.05) is 52.0 Å². The van der Waals surface area contributed by atoms with Gasteiger partial charge in [0.25, 0.3) is 0 Å². The van der Waals surface area contributed by atoms with E-state index in [9.17, 15) is 13.2 Å². The highest BCUT2D eigenvalue weighted by molar-refractivity contribution is 7.89. The van der Waals surface area contributed by atoms with Crippen molar-refractivity contribution in [2.24, 2.45) is 0 Å². The maximum Gasteiger partial charge on any atom is 0.243 e. The fourth-order valence-corrected chi connectivity index (χ4v) is 6.32. The number of benzene rings is 2. The molecule has 1 saturated heterocycles. The standard InChI is InChI=1S/C25H34N2O5S/c1-17-15-18(2)20(4)25(19(17)3)33(29,30)27-13-11-26(12-14-27)24(28)10-8-21-7-9-22(31-5)23(16-21)32-6/h7,9,15-16H,8,10-14H2,1-6H3. The largest absolute Gasteiger partial charge is 0.493 e. The number of rotatable bonds is 7. The van der Waals surface area contributed by atoms with E-state index in [0.29, 0.717) is 55.4 Å². The predicted molar refractivity (Wildman–Crippen MR) is 129 cm³/mol. The molecule has 0 spiro atoms. The average Bonchev–Trinajstić information content (AvgIpc) is 2.81. The van der Waals surface area contributed by atoms with Crippen LogP contribution in [-0.4, -0.2) is 63.9 Å². The Morgan fingerprint density at radius 1 is 0.879 bits per heavy atom. The summed E-state index contributed by atoms with van der Waals surface area (Å²) in [6.07, 6.45) is 0.941. The topological polar surface area (TPSA) is 76.2 Å². The van der Waals surface area contributed by atoms with Crippen LogP contribution in [0.4, 0.5) is 0 Å². The van der Waals surface area contributed by atoms with Gasteiger partial charge in [0, 0.05) is 32.6 Å². The highest BCUT2D eigenvalue weighted by atomic mass is 32.2. The van der Waals surface area contributed by atoms with E-state index in [1.165, 1.54) is 4.31 Å². The second-order valence-corrected chi connectivity index (χ2v) is 10.4. The van der Waals surface area contributed by atoms with Gasteiger partial charge in [-0.2, -0.15) is 4.31 Å². The zero-order chi connectivity index (χ0) is 24.3. The molecule has 1 amide bonds. The third-order valence-corrected chi connectivity index (χ3v) is 8.74. The fourth-order valence-electron chi connectivity index (χ4n) is 4.32. The number of piperazine rings is 1. The lowest BCUT2D eigenvalue weighted by molar-refractivity contribution is -0.132. The molecule has 0 bridgehead atoms. The molecule has 0 saturated carbocycles. The minimum absolute atomic E-state index is 0.0283. The molecule has 1 aliphatic heterocycles. The van der Waals surface area contributed by atoms with Crippen molar-refractivity contribution in [3.63, 3.8) is 0 Å². The first kappa shape index (κ1) is 25.1. The summed E-state index contributed by atoms with van der Waals surface area (Å²) in [5, 5.41) is 0. The number of ether oxygens (including phenoxy) is 2. The molecule has 0 radical (unpaired) electrons. The van der Waals surface area contributed by atoms with Crippen molar-refractivity contribution in [2.75, 3.05) is 40.4 Å². The lowest BCUT2D eigenvalue weighted by Gasteiger charge is -2.35. The van der Waals surface area contributed by atoms with Crippen LogP contribution in [0.2, 0.25) is 0 Å². The Labute approximate surface area is 197 Å². The van der Waals surface area contributed by atoms with E-state index in [0.717, 1.165) is 27.8 Å². The van der Waals surface area contributed by atoms with Crippen molar-refractivity contribution in [3.8, 4) is 11.5 Å². The second kappa shape index (κ2) is 10.1. The van der Waals surface area contributed by atoms with Gasteiger partial charge in [0.15, 0.2) is 11.5 Å². The molecular formula is C25H34N2O5S. The van der Waals surface area contributed by atoms with Gasteiger partial charge in [0.1, 0.15) is 0 Å². The van der Waals surface area contributed by atoms with E-state index >= 15 is 0 Å². The van der Waals surface area contributed by atoms with Crippen molar-refractivity contribution in [1.82, 2.24) is 9.21 Å². The molecular weight excluding hydrogens is 440 g/mol. The van der Waals surface area contributed by atoms with Crippen LogP contribution in [-0.2, 0) is 21.2 Å². The van der Waals surface area contributed by atoms with E-state index < -0.39 is 10.0 Å². The van der Waals surface area contributed by atoms with E-state index in [4.69, 9.17) is 9.47 Å². The van der Waals surface area contributed by atoms with E-state index in [1.54, 1.807) is 19.1 Å². The van der Waals surface area contributed by atoms with Crippen LogP contribution in [0.25, 0.3) is 0 Å². The third-order valence-electron chi connectivity index (χ3n) is 6.56. The summed E-state index contributed by atoms with van der Waals surface area (Å²) in [6.45, 7) is 9.00. The molecule has 1 heterocycles. The fraction of sp³-hybridized carbons (Fsp3) is 0.480. The summed E-state index contributed by atoms with van der Waals surface area (Å²) in [7, 11) is -0.446. The SMILES string of the molecule is COc1ccc(CCC(=O)N2CCN(S(=O)(=O)c3c(C)c(C)cc(C)c3C)CC2)cc1OC. The predicted octanol–water partition coefficient (Wildman–Crippen LogP) is 3.40. The number of carbonyl (C=O) groups is 1. The zero-order valence-corrected chi connectivity index (χ0v) is 21.2. The van der Waals surface area contributed by atoms with Gasteiger partial charge >= 0.3 is 0 Å². The number of nitrogens with zero attached hydrogens (tertiary/aromatic N) is 2. The molecule has 1 aliphatic rings. The molecule has 2 aromatic rings. The van der Waals surface area contributed by atoms with Crippen molar-refractivity contribution in [1.29, 1.82) is 0 Å². The van der Waals surface area contributed by atoms with Gasteiger partial charge < -0.3 is 14.4 Å². The van der Waals surface area contributed by atoms with Crippen LogP contribution in [0.1, 0.15) is 34.2 Å². The Kier molecular flexibility index (Phi) is 7.69. The number of methoxy groups -OCH3 is 2. The molecule has 0 unspecified atom stereocenters. The molecule has 0 aliphatic carbocycles. The van der Waals surface area contributed by atoms with Crippen molar-refractivity contribution >= 4 is 15.9 Å². The Morgan fingerprint density at radius 3 is 2.00 bits per heavy atom. The molecule has 7 nitrogen and oxygen atoms in total. The molecule has 8 heteroatoms. The number of aryl methyl sites for hydroxylation is 3. The molecule has 180 valence electrons. The molecule has 3 rings (SSSR count). The second-order valence-electron chi connectivity index (χ2n) is 8.56. The maximum atomic E-state index is 13.4. The molecule has 33 heavy (non-hydrogen) atoms. The van der Waals surface area contributed by atoms with Gasteiger partial charge in [-0.1, -0.05) is 12.1 Å². The quantitative estimate of drug-likeness (QED) is 0.615. The summed E-state index contributed by atoms with van der Waals surface area (Å²) in [5.74, 6) is 1.32. The molecule has 2 aromatic carbocycles. The normalized spacial score (nSPS) is 14.9. The molecule has 0 aromatic heterocycles. The van der Waals surface area contributed by atoms with Crippen molar-refractivity contribution < 1.29 is 22.7 Å². The summed E-state index contributed by atoms with van der Waals surface area (Å²) in [5.41, 5.74) is 4.53. The van der Waals surface area contributed by atoms with Crippen LogP contribution in [0.15, 0.2) is 29.2 Å². The van der Waals surface area contributed by atoms with Crippen LogP contribution in [0.5, 0.6) is 11.5 Å². The van der Waals surface area contributed by atoms with Crippen LogP contribution in [0, 0.1) is 27.7 Å². The summed E-state index contributed by atoms with van der Waals surface area (Å²) >= 11 is 0. The average molecular weight is 475 g/mol. The minimum atomic E-state index is -3.62. The monoisotopic (exact) mass is 474 g/mol. The van der Waals surface area contributed by atoms with Crippen LogP contribution >= 0.6 is 0 Å². The van der Waals surface area contributed by atoms with Gasteiger partial charge in [-0.15, -0.1) is 0 Å². The first-order chi connectivity index (χ1) is 15.6. The molecule has 1 fully saturated rings. The smallest absolute Gasteiger partial charge is 0.243 e. The van der Waals surface area contributed by atoms with Gasteiger partial charge in [-0.3, -0.25) is 4.79 Å². The van der Waals surface area contributed by atoms with Crippen LogP contribution in [0.3, 0.4) is 0 Å². The highest BCUT2D eigenvalue weighted by Gasteiger charge is 2.32. The summed E-state index contributed by atoms with van der Waals surface area (Å²) < 4.78 is 39.0. The number of hydrogen-bond donors (Lipinski definition) is 0. The van der Waals surface area contributed by atoms with Crippen molar-refractivity contribution in [3.05, 3.63) is 52.1 Å². The number of sulfonamides is 1. The number of carbonyl (C=O) groups excluding carboxylic acids is 1. The summed E-state index contributed by atoms with van der Waals surface area (Å²) in [6, 6.07) is 7.66. The van der Waals surface area contributed by atoms with E-state index in [-0.39, 0.29) is 5.91 Å². The first-order valence-corrected chi connectivity index (χ1v) is 12.6. The van der Waals surface area contributed by atoms with Gasteiger partial charge in [-0.25, -0.2) is 8.42 Å². The lowest BCUT2D eigenvalue weighted by atomic mass is 10.0. The third kappa shape index (κ3) is 5.17. The first-order valence-electron chi connectivity index (χ1n) is 11.2. The van der Waals surface area contributed by atoms with Gasteiger partial charge in [0.2, 0.25) is 15.9 Å². The Bertz CT molecular complexity index is 1110. The maximum absolute atomic E-state index is 13.4. The minimum Gasteiger partial charge on any atom is -0.493 e. The Hall–Kier alpha value is -2.58. The summed E-state index contributed by atoms with van der Waals surface area (Å²) in [4.78, 5) is 14.9. The van der Waals surface area contributed by atoms with Gasteiger partial charge in [-0.05, 0) is 74.1 Å². The lowest BCUT2D eigenvalue weighted by Crippen LogP contribution is -2.50.